The summed E-state index contributed by atoms with van der Waals surface area (Å²) < 4.78 is 0. The summed E-state index contributed by atoms with van der Waals surface area (Å²) in [5.41, 5.74) is 3.90. The van der Waals surface area contributed by atoms with Crippen LogP contribution in [0.15, 0.2) is 42.6 Å². The van der Waals surface area contributed by atoms with Crippen LogP contribution in [-0.4, -0.2) is 53.4 Å². The zero-order chi connectivity index (χ0) is 17.6. The molecule has 0 spiro atoms. The van der Waals surface area contributed by atoms with Crippen molar-refractivity contribution in [3.63, 3.8) is 0 Å². The zero-order valence-corrected chi connectivity index (χ0v) is 15.0. The molecular weight excluding hydrogens is 312 g/mol. The molecule has 1 aliphatic heterocycles. The number of amides is 1. The van der Waals surface area contributed by atoms with Gasteiger partial charge in [0.1, 0.15) is 5.69 Å². The highest BCUT2D eigenvalue weighted by Gasteiger charge is 2.22. The average molecular weight is 338 g/mol. The Bertz CT molecular complexity index is 706. The van der Waals surface area contributed by atoms with E-state index in [9.17, 15) is 4.79 Å². The van der Waals surface area contributed by atoms with Gasteiger partial charge in [0.25, 0.3) is 5.91 Å². The van der Waals surface area contributed by atoms with Crippen LogP contribution in [0.5, 0.6) is 0 Å². The Morgan fingerprint density at radius 1 is 1.12 bits per heavy atom. The maximum atomic E-state index is 12.7. The standard InChI is InChI=1S/C20H26N4O/c1-3-23-10-12-24(13-11-23)20(25)19-14-18(8-9-21-19)22-15-17-6-4-16(2)5-7-17/h4-9,14H,3,10-13,15H2,1-2H3,(H,21,22). The van der Waals surface area contributed by atoms with Crippen LogP contribution in [0.2, 0.25) is 0 Å². The summed E-state index contributed by atoms with van der Waals surface area (Å²) in [5, 5.41) is 3.38. The van der Waals surface area contributed by atoms with Crippen LogP contribution in [0.4, 0.5) is 5.69 Å². The fourth-order valence-corrected chi connectivity index (χ4v) is 3.00. The molecule has 1 amide bonds. The monoisotopic (exact) mass is 338 g/mol. The highest BCUT2D eigenvalue weighted by atomic mass is 16.2. The number of nitrogens with zero attached hydrogens (tertiary/aromatic N) is 3. The fourth-order valence-electron chi connectivity index (χ4n) is 3.00. The van der Waals surface area contributed by atoms with E-state index < -0.39 is 0 Å². The lowest BCUT2D eigenvalue weighted by Crippen LogP contribution is -2.48. The van der Waals surface area contributed by atoms with E-state index in [4.69, 9.17) is 0 Å². The van der Waals surface area contributed by atoms with E-state index in [2.05, 4.69) is 53.3 Å². The van der Waals surface area contributed by atoms with Gasteiger partial charge in [-0.2, -0.15) is 0 Å². The molecular formula is C20H26N4O. The average Bonchev–Trinajstić information content (AvgIpc) is 2.67. The molecule has 1 fully saturated rings. The number of carbonyl (C=O) groups excluding carboxylic acids is 1. The number of aromatic nitrogens is 1. The summed E-state index contributed by atoms with van der Waals surface area (Å²) in [6.45, 7) is 9.43. The van der Waals surface area contributed by atoms with E-state index in [-0.39, 0.29) is 5.91 Å². The molecule has 0 aliphatic carbocycles. The lowest BCUT2D eigenvalue weighted by molar-refractivity contribution is 0.0637. The van der Waals surface area contributed by atoms with Gasteiger partial charge in [0.05, 0.1) is 0 Å². The van der Waals surface area contributed by atoms with Crippen molar-refractivity contribution in [2.45, 2.75) is 20.4 Å². The smallest absolute Gasteiger partial charge is 0.272 e. The van der Waals surface area contributed by atoms with E-state index in [1.54, 1.807) is 6.20 Å². The number of nitrogens with one attached hydrogen (secondary N) is 1. The van der Waals surface area contributed by atoms with Crippen LogP contribution in [0.1, 0.15) is 28.5 Å². The normalized spacial score (nSPS) is 15.2. The van der Waals surface area contributed by atoms with Gasteiger partial charge in [-0.15, -0.1) is 0 Å². The van der Waals surface area contributed by atoms with Crippen LogP contribution >= 0.6 is 0 Å². The van der Waals surface area contributed by atoms with E-state index in [0.717, 1.165) is 45.0 Å². The maximum absolute atomic E-state index is 12.7. The number of benzene rings is 1. The second-order valence-electron chi connectivity index (χ2n) is 6.50. The molecule has 25 heavy (non-hydrogen) atoms. The van der Waals surface area contributed by atoms with Crippen LogP contribution in [-0.2, 0) is 6.54 Å². The second-order valence-corrected chi connectivity index (χ2v) is 6.50. The van der Waals surface area contributed by atoms with Crippen molar-refractivity contribution in [1.82, 2.24) is 14.8 Å². The Kier molecular flexibility index (Phi) is 5.66. The number of hydrogen-bond acceptors (Lipinski definition) is 4. The molecule has 0 unspecified atom stereocenters. The largest absolute Gasteiger partial charge is 0.381 e. The molecule has 0 bridgehead atoms. The molecule has 2 aromatic rings. The van der Waals surface area contributed by atoms with E-state index in [0.29, 0.717) is 5.69 Å². The summed E-state index contributed by atoms with van der Waals surface area (Å²) in [6.07, 6.45) is 1.70. The van der Waals surface area contributed by atoms with Gasteiger partial charge >= 0.3 is 0 Å². The molecule has 1 N–H and O–H groups in total. The minimum atomic E-state index is 0.0229. The third kappa shape index (κ3) is 4.57. The van der Waals surface area contributed by atoms with Gasteiger partial charge in [-0.1, -0.05) is 36.8 Å². The first kappa shape index (κ1) is 17.4. The van der Waals surface area contributed by atoms with Crippen molar-refractivity contribution >= 4 is 11.6 Å². The Hall–Kier alpha value is -2.40. The first-order valence-electron chi connectivity index (χ1n) is 8.93. The van der Waals surface area contributed by atoms with Crippen molar-refractivity contribution in [2.24, 2.45) is 0 Å². The topological polar surface area (TPSA) is 48.5 Å². The van der Waals surface area contributed by atoms with Gasteiger partial charge in [0.15, 0.2) is 0 Å². The van der Waals surface area contributed by atoms with Gasteiger partial charge in [-0.05, 0) is 31.2 Å². The molecule has 0 atom stereocenters. The van der Waals surface area contributed by atoms with E-state index >= 15 is 0 Å². The van der Waals surface area contributed by atoms with Crippen LogP contribution in [0.3, 0.4) is 0 Å². The highest BCUT2D eigenvalue weighted by Crippen LogP contribution is 2.13. The van der Waals surface area contributed by atoms with Crippen molar-refractivity contribution in [3.8, 4) is 0 Å². The second kappa shape index (κ2) is 8.12. The number of carbonyl (C=O) groups is 1. The summed E-state index contributed by atoms with van der Waals surface area (Å²) >= 11 is 0. The van der Waals surface area contributed by atoms with Crippen LogP contribution in [0, 0.1) is 6.92 Å². The summed E-state index contributed by atoms with van der Waals surface area (Å²) in [5.74, 6) is 0.0229. The first-order valence-corrected chi connectivity index (χ1v) is 8.93. The molecule has 2 heterocycles. The Morgan fingerprint density at radius 2 is 1.84 bits per heavy atom. The molecule has 1 aliphatic rings. The molecule has 1 aromatic heterocycles. The summed E-state index contributed by atoms with van der Waals surface area (Å²) in [4.78, 5) is 21.2. The minimum absolute atomic E-state index is 0.0229. The van der Waals surface area contributed by atoms with E-state index in [1.165, 1.54) is 11.1 Å². The zero-order valence-electron chi connectivity index (χ0n) is 15.0. The number of pyridine rings is 1. The van der Waals surface area contributed by atoms with Gasteiger partial charge in [-0.3, -0.25) is 9.78 Å². The molecule has 132 valence electrons. The molecule has 1 saturated heterocycles. The van der Waals surface area contributed by atoms with E-state index in [1.807, 2.05) is 17.0 Å². The fraction of sp³-hybridized carbons (Fsp3) is 0.400. The molecule has 5 nitrogen and oxygen atoms in total. The van der Waals surface area contributed by atoms with Gasteiger partial charge in [0, 0.05) is 44.6 Å². The maximum Gasteiger partial charge on any atom is 0.272 e. The quantitative estimate of drug-likeness (QED) is 0.911. The number of anilines is 1. The SMILES string of the molecule is CCN1CCN(C(=O)c2cc(NCc3ccc(C)cc3)ccn2)CC1. The molecule has 0 saturated carbocycles. The van der Waals surface area contributed by atoms with Gasteiger partial charge < -0.3 is 15.1 Å². The Balaban J connectivity index is 1.61. The van der Waals surface area contributed by atoms with Crippen molar-refractivity contribution in [1.29, 1.82) is 0 Å². The first-order chi connectivity index (χ1) is 12.2. The minimum Gasteiger partial charge on any atom is -0.381 e. The number of hydrogen-bond donors (Lipinski definition) is 1. The van der Waals surface area contributed by atoms with Crippen molar-refractivity contribution in [2.75, 3.05) is 38.0 Å². The van der Waals surface area contributed by atoms with Crippen LogP contribution < -0.4 is 5.32 Å². The number of aryl methyl sites for hydroxylation is 1. The third-order valence-corrected chi connectivity index (χ3v) is 4.70. The van der Waals surface area contributed by atoms with Crippen molar-refractivity contribution in [3.05, 3.63) is 59.4 Å². The summed E-state index contributed by atoms with van der Waals surface area (Å²) in [7, 11) is 0. The molecule has 1 aromatic carbocycles. The number of piperazine rings is 1. The Morgan fingerprint density at radius 3 is 2.52 bits per heavy atom. The summed E-state index contributed by atoms with van der Waals surface area (Å²) in [6, 6.07) is 12.2. The lowest BCUT2D eigenvalue weighted by Gasteiger charge is -2.33. The van der Waals surface area contributed by atoms with Crippen LogP contribution in [0.25, 0.3) is 0 Å². The predicted octanol–water partition coefficient (Wildman–Crippen LogP) is 2.78. The lowest BCUT2D eigenvalue weighted by atomic mass is 10.1. The van der Waals surface area contributed by atoms with Gasteiger partial charge in [0.2, 0.25) is 0 Å². The molecule has 3 rings (SSSR count). The van der Waals surface area contributed by atoms with Crippen molar-refractivity contribution < 1.29 is 4.79 Å². The number of likely N-dealkylation sites (N-methyl/N-ethyl adjacent to an activating group) is 1. The molecule has 0 radical (unpaired) electrons. The Labute approximate surface area is 149 Å². The third-order valence-electron chi connectivity index (χ3n) is 4.70. The molecule has 5 heteroatoms. The van der Waals surface area contributed by atoms with Gasteiger partial charge in [-0.25, -0.2) is 0 Å². The predicted molar refractivity (Wildman–Crippen MR) is 101 cm³/mol. The number of rotatable bonds is 5. The highest BCUT2D eigenvalue weighted by molar-refractivity contribution is 5.93.